The standard InChI is InChI=1S/C8H14O.C8H12O.C8H8O.C7H13NO.C6H6OS.5C2H6/c3*1-7(9)8-5-3-2-4-6-8;1-6(9)7-2-4-8-5-3-7;1-5(7)6-3-2-4-8-6;5*1-2/h8H,2-6H2,1H3;2-3,8H,4-6H2,1H3;2-6H,1H3;7-8H,2-5H2,1H3;2-4H,1H3;5*1-2H3. The van der Waals surface area contributed by atoms with Crippen LogP contribution in [0.4, 0.5) is 0 Å². The lowest BCUT2D eigenvalue weighted by Crippen LogP contribution is -2.30. The van der Waals surface area contributed by atoms with E-state index in [-0.39, 0.29) is 11.6 Å². The zero-order valence-electron chi connectivity index (χ0n) is 37.4. The van der Waals surface area contributed by atoms with E-state index in [2.05, 4.69) is 17.5 Å². The van der Waals surface area contributed by atoms with Gasteiger partial charge in [0.25, 0.3) is 0 Å². The Morgan fingerprint density at radius 1 is 0.519 bits per heavy atom. The van der Waals surface area contributed by atoms with Crippen LogP contribution in [-0.2, 0) is 14.4 Å². The molecular formula is C47H83NO5S. The number of ketones is 5. The molecule has 2 aliphatic carbocycles. The summed E-state index contributed by atoms with van der Waals surface area (Å²) in [6.45, 7) is 30.3. The van der Waals surface area contributed by atoms with E-state index in [9.17, 15) is 24.0 Å². The van der Waals surface area contributed by atoms with Gasteiger partial charge in [0.1, 0.15) is 17.3 Å². The van der Waals surface area contributed by atoms with Crippen molar-refractivity contribution in [2.24, 2.45) is 17.8 Å². The molecule has 0 amide bonds. The number of rotatable bonds is 5. The average molecular weight is 774 g/mol. The number of thiophene rings is 1. The Kier molecular flexibility index (Phi) is 51.4. The summed E-state index contributed by atoms with van der Waals surface area (Å²) in [6.07, 6.45) is 15.6. The molecule has 1 saturated heterocycles. The van der Waals surface area contributed by atoms with Gasteiger partial charge in [-0.2, -0.15) is 0 Å². The predicted molar refractivity (Wildman–Crippen MR) is 238 cm³/mol. The highest BCUT2D eigenvalue weighted by atomic mass is 32.1. The lowest BCUT2D eigenvalue weighted by atomic mass is 9.87. The SMILES string of the molecule is CC.CC.CC.CC.CC.CC(=O)C1CC=CCC1.CC(=O)C1CCCCC1.CC(=O)C1CCNCC1.CC(=O)c1ccccc1.CC(=O)c1cccs1. The molecule has 0 radical (unpaired) electrons. The summed E-state index contributed by atoms with van der Waals surface area (Å²) in [5.74, 6) is 2.47. The number of carbonyl (C=O) groups excluding carboxylic acids is 5. The number of nitrogens with one attached hydrogen (secondary N) is 1. The monoisotopic (exact) mass is 774 g/mol. The molecule has 1 N–H and O–H groups in total. The van der Waals surface area contributed by atoms with Crippen LogP contribution in [-0.4, -0.2) is 42.0 Å². The van der Waals surface area contributed by atoms with Crippen LogP contribution >= 0.6 is 11.3 Å². The van der Waals surface area contributed by atoms with E-state index in [0.29, 0.717) is 35.1 Å². The van der Waals surface area contributed by atoms with Gasteiger partial charge in [0.05, 0.1) is 4.88 Å². The first-order valence-electron chi connectivity index (χ1n) is 21.0. The Labute approximate surface area is 337 Å². The number of allylic oxidation sites excluding steroid dienone is 2. The van der Waals surface area contributed by atoms with Gasteiger partial charge in [-0.15, -0.1) is 11.3 Å². The molecule has 5 rings (SSSR count). The van der Waals surface area contributed by atoms with Gasteiger partial charge in [0, 0.05) is 23.3 Å². The van der Waals surface area contributed by atoms with Gasteiger partial charge < -0.3 is 5.32 Å². The Morgan fingerprint density at radius 2 is 0.981 bits per heavy atom. The van der Waals surface area contributed by atoms with E-state index in [0.717, 1.165) is 68.5 Å². The summed E-state index contributed by atoms with van der Waals surface area (Å²) in [5.41, 5.74) is 0.775. The quantitative estimate of drug-likeness (QED) is 0.240. The van der Waals surface area contributed by atoms with Crippen LogP contribution in [0.5, 0.6) is 0 Å². The second-order valence-corrected chi connectivity index (χ2v) is 12.6. The molecule has 2 aromatic rings. The Hall–Kier alpha value is -3.03. The van der Waals surface area contributed by atoms with Gasteiger partial charge in [0.2, 0.25) is 0 Å². The lowest BCUT2D eigenvalue weighted by molar-refractivity contribution is -0.122. The van der Waals surface area contributed by atoms with Crippen LogP contribution < -0.4 is 5.32 Å². The fraction of sp³-hybridized carbons (Fsp3) is 0.638. The number of carbonyl (C=O) groups is 5. The number of hydrogen-bond donors (Lipinski definition) is 1. The predicted octanol–water partition coefficient (Wildman–Crippen LogP) is 13.6. The molecule has 6 nitrogen and oxygen atoms in total. The minimum absolute atomic E-state index is 0.121. The Morgan fingerprint density at radius 3 is 1.24 bits per heavy atom. The van der Waals surface area contributed by atoms with Crippen molar-refractivity contribution in [1.29, 1.82) is 0 Å². The first-order valence-corrected chi connectivity index (χ1v) is 21.9. The van der Waals surface area contributed by atoms with E-state index in [1.165, 1.54) is 30.6 Å². The minimum atomic E-state index is 0.121. The molecule has 2 fully saturated rings. The van der Waals surface area contributed by atoms with Gasteiger partial charge in [-0.3, -0.25) is 24.0 Å². The van der Waals surface area contributed by atoms with E-state index < -0.39 is 0 Å². The Bertz CT molecular complexity index is 1120. The van der Waals surface area contributed by atoms with Crippen molar-refractivity contribution in [3.8, 4) is 0 Å². The zero-order valence-corrected chi connectivity index (χ0v) is 38.3. The molecule has 2 heterocycles. The smallest absolute Gasteiger partial charge is 0.169 e. The van der Waals surface area contributed by atoms with Crippen LogP contribution in [0.1, 0.15) is 188 Å². The molecule has 0 bridgehead atoms. The fourth-order valence-electron chi connectivity index (χ4n) is 5.05. The van der Waals surface area contributed by atoms with Gasteiger partial charge in [-0.1, -0.05) is 137 Å². The van der Waals surface area contributed by atoms with Gasteiger partial charge in [-0.25, -0.2) is 0 Å². The van der Waals surface area contributed by atoms with Gasteiger partial charge in [-0.05, 0) is 104 Å². The highest BCUT2D eigenvalue weighted by Gasteiger charge is 2.17. The number of Topliss-reactive ketones (excluding diaryl/α,β-unsaturated/α-hetero) is 5. The second kappa shape index (κ2) is 46.1. The summed E-state index contributed by atoms with van der Waals surface area (Å²) < 4.78 is 0. The first-order chi connectivity index (χ1) is 26.0. The molecule has 1 atom stereocenters. The highest BCUT2D eigenvalue weighted by Crippen LogP contribution is 2.23. The summed E-state index contributed by atoms with van der Waals surface area (Å²) in [5, 5.41) is 5.12. The summed E-state index contributed by atoms with van der Waals surface area (Å²) in [6, 6.07) is 12.9. The molecule has 1 unspecified atom stereocenters. The van der Waals surface area contributed by atoms with Crippen LogP contribution in [0, 0.1) is 17.8 Å². The molecule has 1 aliphatic heterocycles. The summed E-state index contributed by atoms with van der Waals surface area (Å²) in [7, 11) is 0. The third kappa shape index (κ3) is 36.0. The Balaban J connectivity index is -0.000000175. The van der Waals surface area contributed by atoms with Crippen molar-refractivity contribution in [1.82, 2.24) is 5.32 Å². The normalized spacial score (nSPS) is 15.1. The molecular weight excluding hydrogens is 691 g/mol. The van der Waals surface area contributed by atoms with Crippen molar-refractivity contribution in [2.45, 2.75) is 168 Å². The molecule has 3 aliphatic rings. The number of benzene rings is 1. The molecule has 54 heavy (non-hydrogen) atoms. The largest absolute Gasteiger partial charge is 0.317 e. The van der Waals surface area contributed by atoms with Crippen LogP contribution in [0.2, 0.25) is 0 Å². The van der Waals surface area contributed by atoms with Crippen LogP contribution in [0.15, 0.2) is 60.0 Å². The van der Waals surface area contributed by atoms with E-state index >= 15 is 0 Å². The van der Waals surface area contributed by atoms with E-state index in [1.807, 2.05) is 117 Å². The van der Waals surface area contributed by atoms with Crippen molar-refractivity contribution in [2.75, 3.05) is 13.1 Å². The lowest BCUT2D eigenvalue weighted by Gasteiger charge is -2.19. The molecule has 1 aromatic carbocycles. The summed E-state index contributed by atoms with van der Waals surface area (Å²) >= 11 is 1.48. The molecule has 7 heteroatoms. The number of piperidine rings is 1. The molecule has 1 aromatic heterocycles. The molecule has 312 valence electrons. The zero-order chi connectivity index (χ0) is 42.7. The van der Waals surface area contributed by atoms with E-state index in [4.69, 9.17) is 0 Å². The van der Waals surface area contributed by atoms with Crippen molar-refractivity contribution in [3.05, 3.63) is 70.4 Å². The molecule has 1 saturated carbocycles. The third-order valence-corrected chi connectivity index (χ3v) is 8.96. The minimum Gasteiger partial charge on any atom is -0.317 e. The second-order valence-electron chi connectivity index (χ2n) is 11.6. The van der Waals surface area contributed by atoms with Crippen molar-refractivity contribution in [3.63, 3.8) is 0 Å². The summed E-state index contributed by atoms with van der Waals surface area (Å²) in [4.78, 5) is 54.3. The highest BCUT2D eigenvalue weighted by molar-refractivity contribution is 7.12. The van der Waals surface area contributed by atoms with Crippen LogP contribution in [0.25, 0.3) is 0 Å². The van der Waals surface area contributed by atoms with Crippen molar-refractivity contribution >= 4 is 40.3 Å². The first kappa shape index (κ1) is 60.2. The molecule has 0 spiro atoms. The number of hydrogen-bond acceptors (Lipinski definition) is 7. The van der Waals surface area contributed by atoms with E-state index in [1.54, 1.807) is 34.6 Å². The van der Waals surface area contributed by atoms with Gasteiger partial charge >= 0.3 is 0 Å². The maximum absolute atomic E-state index is 10.8. The van der Waals surface area contributed by atoms with Crippen molar-refractivity contribution < 1.29 is 24.0 Å². The topological polar surface area (TPSA) is 97.4 Å². The maximum atomic E-state index is 10.8. The third-order valence-electron chi connectivity index (χ3n) is 7.99. The van der Waals surface area contributed by atoms with Gasteiger partial charge in [0.15, 0.2) is 11.6 Å². The fourth-order valence-corrected chi connectivity index (χ4v) is 5.68. The average Bonchev–Trinajstić information content (AvgIpc) is 3.80. The van der Waals surface area contributed by atoms with Crippen LogP contribution in [0.3, 0.4) is 0 Å². The maximum Gasteiger partial charge on any atom is 0.169 e.